The van der Waals surface area contributed by atoms with Crippen molar-refractivity contribution < 1.29 is 9.53 Å². The maximum Gasteiger partial charge on any atom is 0.270 e. The molecule has 0 fully saturated rings. The molecule has 0 saturated carbocycles. The van der Waals surface area contributed by atoms with Gasteiger partial charge in [0, 0.05) is 17.1 Å². The van der Waals surface area contributed by atoms with Crippen molar-refractivity contribution in [3.8, 4) is 5.75 Å². The third-order valence-electron chi connectivity index (χ3n) is 3.18. The molecule has 1 aromatic carbocycles. The minimum Gasteiger partial charge on any atom is -0.495 e. The second kappa shape index (κ2) is 7.33. The van der Waals surface area contributed by atoms with Gasteiger partial charge in [0.2, 0.25) is 0 Å². The zero-order valence-electron chi connectivity index (χ0n) is 13.6. The predicted molar refractivity (Wildman–Crippen MR) is 92.9 cm³/mol. The van der Waals surface area contributed by atoms with Crippen LogP contribution in [0.15, 0.2) is 30.5 Å². The molecular formula is C17H20ClN3O2. The Hall–Kier alpha value is -2.27. The molecule has 23 heavy (non-hydrogen) atoms. The van der Waals surface area contributed by atoms with Crippen molar-refractivity contribution in [1.29, 1.82) is 0 Å². The molecule has 1 amide bonds. The molecule has 0 aliphatic rings. The second-order valence-electron chi connectivity index (χ2n) is 5.49. The summed E-state index contributed by atoms with van der Waals surface area (Å²) in [6.07, 6.45) is 1.61. The minimum absolute atomic E-state index is 0.0726. The normalized spacial score (nSPS) is 10.5. The van der Waals surface area contributed by atoms with Crippen LogP contribution in [0.4, 0.5) is 11.4 Å². The van der Waals surface area contributed by atoms with E-state index in [-0.39, 0.29) is 11.9 Å². The van der Waals surface area contributed by atoms with Crippen molar-refractivity contribution in [2.45, 2.75) is 26.8 Å². The highest BCUT2D eigenvalue weighted by Crippen LogP contribution is 2.32. The fourth-order valence-corrected chi connectivity index (χ4v) is 2.18. The van der Waals surface area contributed by atoms with Gasteiger partial charge in [-0.05, 0) is 44.5 Å². The summed E-state index contributed by atoms with van der Waals surface area (Å²) in [5, 5.41) is 6.67. The average molecular weight is 334 g/mol. The van der Waals surface area contributed by atoms with Crippen molar-refractivity contribution in [2.24, 2.45) is 0 Å². The largest absolute Gasteiger partial charge is 0.495 e. The number of benzene rings is 1. The van der Waals surface area contributed by atoms with Gasteiger partial charge in [-0.1, -0.05) is 11.6 Å². The lowest BCUT2D eigenvalue weighted by atomic mass is 10.2. The van der Waals surface area contributed by atoms with Gasteiger partial charge in [0.15, 0.2) is 0 Å². The fourth-order valence-electron chi connectivity index (χ4n) is 2.02. The average Bonchev–Trinajstić information content (AvgIpc) is 2.50. The number of ether oxygens (including phenoxy) is 1. The molecule has 2 N–H and O–H groups in total. The van der Waals surface area contributed by atoms with Gasteiger partial charge in [0.05, 0.1) is 24.7 Å². The molecule has 0 radical (unpaired) electrons. The van der Waals surface area contributed by atoms with Crippen LogP contribution >= 0.6 is 11.6 Å². The number of hydrogen-bond acceptors (Lipinski definition) is 4. The van der Waals surface area contributed by atoms with E-state index >= 15 is 0 Å². The van der Waals surface area contributed by atoms with Gasteiger partial charge in [0.25, 0.3) is 5.91 Å². The number of amides is 1. The van der Waals surface area contributed by atoms with E-state index in [0.29, 0.717) is 16.5 Å². The molecule has 5 nitrogen and oxygen atoms in total. The van der Waals surface area contributed by atoms with Crippen LogP contribution in [0, 0.1) is 6.92 Å². The highest BCUT2D eigenvalue weighted by atomic mass is 35.5. The third-order valence-corrected chi connectivity index (χ3v) is 3.58. The van der Waals surface area contributed by atoms with E-state index in [1.807, 2.05) is 26.8 Å². The number of halogens is 1. The number of carbonyl (C=O) groups excluding carboxylic acids is 1. The molecule has 0 unspecified atom stereocenters. The molecule has 2 rings (SSSR count). The molecule has 0 spiro atoms. The highest BCUT2D eigenvalue weighted by Gasteiger charge is 2.10. The number of aryl methyl sites for hydroxylation is 1. The number of rotatable bonds is 5. The summed E-state index contributed by atoms with van der Waals surface area (Å²) in [6.45, 7) is 5.73. The van der Waals surface area contributed by atoms with Gasteiger partial charge in [-0.3, -0.25) is 4.79 Å². The maximum absolute atomic E-state index is 11.9. The van der Waals surface area contributed by atoms with E-state index in [0.717, 1.165) is 16.9 Å². The van der Waals surface area contributed by atoms with Gasteiger partial charge < -0.3 is 15.4 Å². The van der Waals surface area contributed by atoms with Crippen LogP contribution in [0.25, 0.3) is 0 Å². The van der Waals surface area contributed by atoms with Crippen molar-refractivity contribution in [2.75, 3.05) is 12.4 Å². The molecule has 2 aromatic rings. The number of anilines is 2. The number of nitrogens with zero attached hydrogens (tertiary/aromatic N) is 1. The number of aromatic nitrogens is 1. The zero-order valence-corrected chi connectivity index (χ0v) is 14.4. The van der Waals surface area contributed by atoms with Crippen LogP contribution in [0.1, 0.15) is 29.9 Å². The van der Waals surface area contributed by atoms with E-state index in [9.17, 15) is 4.79 Å². The van der Waals surface area contributed by atoms with Crippen molar-refractivity contribution in [3.05, 3.63) is 46.7 Å². The second-order valence-corrected chi connectivity index (χ2v) is 5.89. The predicted octanol–water partition coefficient (Wildman–Crippen LogP) is 3.93. The topological polar surface area (TPSA) is 63.2 Å². The standard InChI is InChI=1S/C17H20ClN3O2/c1-10(2)20-17(22)14-6-5-12(9-19-14)21-15-7-11(3)13(18)8-16(15)23-4/h5-10,21H,1-4H3,(H,20,22). The van der Waals surface area contributed by atoms with Gasteiger partial charge in [0.1, 0.15) is 11.4 Å². The number of nitrogens with one attached hydrogen (secondary N) is 2. The van der Waals surface area contributed by atoms with Gasteiger partial charge in [-0.2, -0.15) is 0 Å². The van der Waals surface area contributed by atoms with E-state index in [1.165, 1.54) is 0 Å². The zero-order chi connectivity index (χ0) is 17.0. The van der Waals surface area contributed by atoms with Gasteiger partial charge in [-0.15, -0.1) is 0 Å². The van der Waals surface area contributed by atoms with Gasteiger partial charge >= 0.3 is 0 Å². The highest BCUT2D eigenvalue weighted by molar-refractivity contribution is 6.31. The first-order chi connectivity index (χ1) is 10.9. The molecule has 1 heterocycles. The quantitative estimate of drug-likeness (QED) is 0.870. The van der Waals surface area contributed by atoms with E-state index in [4.69, 9.17) is 16.3 Å². The first-order valence-corrected chi connectivity index (χ1v) is 7.66. The first-order valence-electron chi connectivity index (χ1n) is 7.28. The summed E-state index contributed by atoms with van der Waals surface area (Å²) in [5.74, 6) is 0.452. The maximum atomic E-state index is 11.9. The molecule has 0 saturated heterocycles. The van der Waals surface area contributed by atoms with Crippen LogP contribution in [0.5, 0.6) is 5.75 Å². The van der Waals surface area contributed by atoms with Crippen molar-refractivity contribution >= 4 is 28.9 Å². The summed E-state index contributed by atoms with van der Waals surface area (Å²) in [6, 6.07) is 7.21. The molecule has 0 aliphatic carbocycles. The fraction of sp³-hybridized carbons (Fsp3) is 0.294. The Morgan fingerprint density at radius 2 is 2.04 bits per heavy atom. The Morgan fingerprint density at radius 3 is 2.61 bits per heavy atom. The molecule has 0 bridgehead atoms. The monoisotopic (exact) mass is 333 g/mol. The van der Waals surface area contributed by atoms with Crippen LogP contribution in [0.2, 0.25) is 5.02 Å². The number of hydrogen-bond donors (Lipinski definition) is 2. The lowest BCUT2D eigenvalue weighted by Crippen LogP contribution is -2.30. The number of pyridine rings is 1. The van der Waals surface area contributed by atoms with E-state index < -0.39 is 0 Å². The van der Waals surface area contributed by atoms with Gasteiger partial charge in [-0.25, -0.2) is 4.98 Å². The van der Waals surface area contributed by atoms with Crippen LogP contribution in [0.3, 0.4) is 0 Å². The summed E-state index contributed by atoms with van der Waals surface area (Å²) in [5.41, 5.74) is 2.86. The van der Waals surface area contributed by atoms with Crippen LogP contribution < -0.4 is 15.4 Å². The number of methoxy groups -OCH3 is 1. The SMILES string of the molecule is COc1cc(Cl)c(C)cc1Nc1ccc(C(=O)NC(C)C)nc1. The smallest absolute Gasteiger partial charge is 0.270 e. The number of carbonyl (C=O) groups is 1. The summed E-state index contributed by atoms with van der Waals surface area (Å²) in [4.78, 5) is 16.1. The molecule has 1 aromatic heterocycles. The van der Waals surface area contributed by atoms with E-state index in [2.05, 4.69) is 15.6 Å². The van der Waals surface area contributed by atoms with Crippen LogP contribution in [-0.4, -0.2) is 24.0 Å². The Bertz CT molecular complexity index is 700. The molecule has 0 aliphatic heterocycles. The Labute approximate surface area is 141 Å². The molecule has 6 heteroatoms. The first kappa shape index (κ1) is 17.1. The van der Waals surface area contributed by atoms with E-state index in [1.54, 1.807) is 31.5 Å². The Kier molecular flexibility index (Phi) is 5.45. The Balaban J connectivity index is 2.18. The van der Waals surface area contributed by atoms with Crippen molar-refractivity contribution in [1.82, 2.24) is 10.3 Å². The molecule has 122 valence electrons. The lowest BCUT2D eigenvalue weighted by Gasteiger charge is -2.13. The van der Waals surface area contributed by atoms with Crippen LogP contribution in [-0.2, 0) is 0 Å². The summed E-state index contributed by atoms with van der Waals surface area (Å²) in [7, 11) is 1.59. The molecular weight excluding hydrogens is 314 g/mol. The Morgan fingerprint density at radius 1 is 1.30 bits per heavy atom. The van der Waals surface area contributed by atoms with Crippen molar-refractivity contribution in [3.63, 3.8) is 0 Å². The third kappa shape index (κ3) is 4.36. The lowest BCUT2D eigenvalue weighted by molar-refractivity contribution is 0.0938. The summed E-state index contributed by atoms with van der Waals surface area (Å²) < 4.78 is 5.33. The minimum atomic E-state index is -0.188. The summed E-state index contributed by atoms with van der Waals surface area (Å²) >= 11 is 6.10. The molecule has 0 atom stereocenters.